The molecule has 2 aromatic rings. The number of aromatic amines is 1. The van der Waals surface area contributed by atoms with Crippen molar-refractivity contribution >= 4 is 11.9 Å². The molecule has 0 saturated heterocycles. The van der Waals surface area contributed by atoms with Gasteiger partial charge in [0.1, 0.15) is 5.75 Å². The molecule has 106 valence electrons. The van der Waals surface area contributed by atoms with Crippen LogP contribution in [0.5, 0.6) is 11.8 Å². The minimum atomic E-state index is -0.215. The van der Waals surface area contributed by atoms with Gasteiger partial charge >= 0.3 is 6.01 Å². The summed E-state index contributed by atoms with van der Waals surface area (Å²) < 4.78 is 5.08. The van der Waals surface area contributed by atoms with E-state index in [2.05, 4.69) is 20.5 Å². The molecule has 1 heterocycles. The number of phenols is 1. The molecule has 0 aliphatic rings. The number of hydrogen-bond donors (Lipinski definition) is 3. The molecule has 20 heavy (non-hydrogen) atoms. The van der Waals surface area contributed by atoms with E-state index in [4.69, 9.17) is 4.74 Å². The first kappa shape index (κ1) is 13.9. The van der Waals surface area contributed by atoms with Crippen LogP contribution in [-0.4, -0.2) is 32.8 Å². The minimum Gasteiger partial charge on any atom is -0.508 e. The average molecular weight is 276 g/mol. The quantitative estimate of drug-likeness (QED) is 0.742. The fourth-order valence-electron chi connectivity index (χ4n) is 1.66. The third-order valence-electron chi connectivity index (χ3n) is 2.61. The van der Waals surface area contributed by atoms with Crippen molar-refractivity contribution in [3.05, 3.63) is 29.8 Å². The molecule has 0 spiro atoms. The maximum absolute atomic E-state index is 11.7. The maximum atomic E-state index is 11.7. The van der Waals surface area contributed by atoms with E-state index >= 15 is 0 Å². The molecule has 0 unspecified atom stereocenters. The molecule has 0 aliphatic heterocycles. The highest BCUT2D eigenvalue weighted by atomic mass is 16.5. The fourth-order valence-corrected chi connectivity index (χ4v) is 1.66. The zero-order chi connectivity index (χ0) is 14.4. The predicted octanol–water partition coefficient (Wildman–Crippen LogP) is 1.48. The summed E-state index contributed by atoms with van der Waals surface area (Å²) in [4.78, 5) is 15.7. The van der Waals surface area contributed by atoms with Crippen molar-refractivity contribution in [3.63, 3.8) is 0 Å². The zero-order valence-corrected chi connectivity index (χ0v) is 11.1. The number of carbonyl (C=O) groups is 1. The molecule has 0 bridgehead atoms. The van der Waals surface area contributed by atoms with E-state index in [0.29, 0.717) is 13.0 Å². The number of benzene rings is 1. The molecule has 2 rings (SSSR count). The highest BCUT2D eigenvalue weighted by molar-refractivity contribution is 5.89. The lowest BCUT2D eigenvalue weighted by Crippen LogP contribution is -2.13. The summed E-state index contributed by atoms with van der Waals surface area (Å²) >= 11 is 0. The van der Waals surface area contributed by atoms with E-state index < -0.39 is 0 Å². The molecule has 7 heteroatoms. The highest BCUT2D eigenvalue weighted by Crippen LogP contribution is 2.17. The second kappa shape index (κ2) is 6.55. The number of aryl methyl sites for hydroxylation is 1. The van der Waals surface area contributed by atoms with Crippen molar-refractivity contribution in [2.45, 2.75) is 19.8 Å². The topological polar surface area (TPSA) is 100 Å². The first-order valence-corrected chi connectivity index (χ1v) is 6.31. The van der Waals surface area contributed by atoms with Crippen molar-refractivity contribution < 1.29 is 14.6 Å². The number of rotatable bonds is 6. The summed E-state index contributed by atoms with van der Waals surface area (Å²) in [7, 11) is 0. The Hall–Kier alpha value is -2.57. The van der Waals surface area contributed by atoms with Gasteiger partial charge in [0.15, 0.2) is 0 Å². The third-order valence-corrected chi connectivity index (χ3v) is 2.61. The molecule has 0 radical (unpaired) electrons. The molecule has 0 aliphatic carbocycles. The zero-order valence-electron chi connectivity index (χ0n) is 11.1. The van der Waals surface area contributed by atoms with Gasteiger partial charge in [0.25, 0.3) is 0 Å². The number of amides is 1. The molecule has 3 N–H and O–H groups in total. The lowest BCUT2D eigenvalue weighted by molar-refractivity contribution is -0.116. The number of aromatic hydroxyl groups is 1. The van der Waals surface area contributed by atoms with E-state index in [-0.39, 0.29) is 30.0 Å². The van der Waals surface area contributed by atoms with Gasteiger partial charge in [-0.1, -0.05) is 18.2 Å². The van der Waals surface area contributed by atoms with Gasteiger partial charge in [-0.25, -0.2) is 5.10 Å². The van der Waals surface area contributed by atoms with Gasteiger partial charge in [-0.05, 0) is 25.0 Å². The second-order valence-corrected chi connectivity index (χ2v) is 4.08. The monoisotopic (exact) mass is 276 g/mol. The summed E-state index contributed by atoms with van der Waals surface area (Å²) in [6.45, 7) is 2.28. The molecule has 0 fully saturated rings. The van der Waals surface area contributed by atoms with Gasteiger partial charge in [0.05, 0.1) is 6.61 Å². The largest absolute Gasteiger partial charge is 0.508 e. The summed E-state index contributed by atoms with van der Waals surface area (Å²) in [6.07, 6.45) is 0.688. The number of H-pyrrole nitrogens is 1. The van der Waals surface area contributed by atoms with Crippen LogP contribution in [0, 0.1) is 0 Å². The molecule has 1 aromatic heterocycles. The van der Waals surface area contributed by atoms with Crippen LogP contribution in [0.2, 0.25) is 0 Å². The lowest BCUT2D eigenvalue weighted by Gasteiger charge is -2.04. The Morgan fingerprint density at radius 3 is 3.00 bits per heavy atom. The molecule has 1 amide bonds. The van der Waals surface area contributed by atoms with Crippen molar-refractivity contribution in [2.24, 2.45) is 0 Å². The van der Waals surface area contributed by atoms with Crippen LogP contribution < -0.4 is 10.1 Å². The van der Waals surface area contributed by atoms with Gasteiger partial charge in [-0.3, -0.25) is 10.1 Å². The number of nitrogens with zero attached hydrogens (tertiary/aromatic N) is 2. The predicted molar refractivity (Wildman–Crippen MR) is 72.6 cm³/mol. The molecule has 1 aromatic carbocycles. The SMILES string of the molecule is CCOc1n[nH]c(NC(=O)CCc2ccccc2O)n1. The number of carbonyl (C=O) groups excluding carboxylic acids is 1. The number of phenolic OH excluding ortho intramolecular Hbond substituents is 1. The third kappa shape index (κ3) is 3.71. The van der Waals surface area contributed by atoms with Crippen molar-refractivity contribution in [1.82, 2.24) is 15.2 Å². The Balaban J connectivity index is 1.84. The van der Waals surface area contributed by atoms with Crippen LogP contribution in [0.3, 0.4) is 0 Å². The lowest BCUT2D eigenvalue weighted by atomic mass is 10.1. The van der Waals surface area contributed by atoms with E-state index in [9.17, 15) is 9.90 Å². The normalized spacial score (nSPS) is 10.2. The Morgan fingerprint density at radius 2 is 2.25 bits per heavy atom. The number of nitrogens with one attached hydrogen (secondary N) is 2. The van der Waals surface area contributed by atoms with Crippen LogP contribution in [0.4, 0.5) is 5.95 Å². The van der Waals surface area contributed by atoms with Crippen LogP contribution in [0.15, 0.2) is 24.3 Å². The van der Waals surface area contributed by atoms with Gasteiger partial charge in [0.2, 0.25) is 11.9 Å². The number of ether oxygens (including phenoxy) is 1. The summed E-state index contributed by atoms with van der Waals surface area (Å²) in [5, 5.41) is 18.5. The fraction of sp³-hybridized carbons (Fsp3) is 0.308. The molecule has 0 atom stereocenters. The van der Waals surface area contributed by atoms with E-state index in [1.54, 1.807) is 18.2 Å². The molecular formula is C13H16N4O3. The van der Waals surface area contributed by atoms with Gasteiger partial charge in [-0.15, -0.1) is 5.10 Å². The van der Waals surface area contributed by atoms with Crippen molar-refractivity contribution in [1.29, 1.82) is 0 Å². The van der Waals surface area contributed by atoms with Crippen LogP contribution in [0.1, 0.15) is 18.9 Å². The highest BCUT2D eigenvalue weighted by Gasteiger charge is 2.09. The van der Waals surface area contributed by atoms with Gasteiger partial charge < -0.3 is 9.84 Å². The molecular weight excluding hydrogens is 260 g/mol. The number of hydrogen-bond acceptors (Lipinski definition) is 5. The Morgan fingerprint density at radius 1 is 1.45 bits per heavy atom. The van der Waals surface area contributed by atoms with Crippen molar-refractivity contribution in [3.8, 4) is 11.8 Å². The van der Waals surface area contributed by atoms with E-state index in [1.807, 2.05) is 13.0 Å². The standard InChI is InChI=1S/C13H16N4O3/c1-2-20-13-15-12(16-17-13)14-11(19)8-7-9-5-3-4-6-10(9)18/h3-6,18H,2,7-8H2,1H3,(H2,14,15,16,17,19). The summed E-state index contributed by atoms with van der Waals surface area (Å²) in [6, 6.07) is 7.13. The maximum Gasteiger partial charge on any atom is 0.337 e. The number of anilines is 1. The first-order valence-electron chi connectivity index (χ1n) is 6.31. The van der Waals surface area contributed by atoms with Crippen molar-refractivity contribution in [2.75, 3.05) is 11.9 Å². The Bertz CT molecular complexity index is 583. The van der Waals surface area contributed by atoms with E-state index in [1.165, 1.54) is 0 Å². The molecule has 0 saturated carbocycles. The van der Waals surface area contributed by atoms with Gasteiger partial charge in [-0.2, -0.15) is 4.98 Å². The van der Waals surface area contributed by atoms with E-state index in [0.717, 1.165) is 5.56 Å². The molecule has 7 nitrogen and oxygen atoms in total. The smallest absolute Gasteiger partial charge is 0.337 e. The Labute approximate surface area is 116 Å². The average Bonchev–Trinajstić information content (AvgIpc) is 2.85. The van der Waals surface area contributed by atoms with Crippen LogP contribution >= 0.6 is 0 Å². The summed E-state index contributed by atoms with van der Waals surface area (Å²) in [5.74, 6) is 0.224. The number of aromatic nitrogens is 3. The second-order valence-electron chi connectivity index (χ2n) is 4.08. The number of para-hydroxylation sites is 1. The van der Waals surface area contributed by atoms with Crippen LogP contribution in [0.25, 0.3) is 0 Å². The Kier molecular flexibility index (Phi) is 4.54. The first-order chi connectivity index (χ1) is 9.69. The van der Waals surface area contributed by atoms with Gasteiger partial charge in [0, 0.05) is 6.42 Å². The summed E-state index contributed by atoms with van der Waals surface area (Å²) in [5.41, 5.74) is 0.732. The minimum absolute atomic E-state index is 0.193. The van der Waals surface area contributed by atoms with Crippen LogP contribution in [-0.2, 0) is 11.2 Å².